The lowest BCUT2D eigenvalue weighted by molar-refractivity contribution is 0.0836. The minimum Gasteiger partial charge on any atom is -0.255 e. The largest absolute Gasteiger partial charge is 0.332 e. The van der Waals surface area contributed by atoms with Crippen molar-refractivity contribution in [2.75, 3.05) is 0 Å². The van der Waals surface area contributed by atoms with E-state index in [1.807, 2.05) is 0 Å². The molecule has 0 aliphatic carbocycles. The van der Waals surface area contributed by atoms with Gasteiger partial charge in [-0.15, -0.1) is 0 Å². The highest BCUT2D eigenvalue weighted by atomic mass is 28.1. The maximum Gasteiger partial charge on any atom is 0.332 e. The minimum atomic E-state index is -1.40. The maximum absolute atomic E-state index is 12.0. The average molecular weight is 151 g/mol. The first-order chi connectivity index (χ1) is 4.70. The van der Waals surface area contributed by atoms with Crippen LogP contribution in [0.25, 0.3) is 0 Å². The van der Waals surface area contributed by atoms with E-state index in [0.717, 1.165) is 0 Å². The molecule has 0 saturated carbocycles. The third-order valence-electron chi connectivity index (χ3n) is 1.09. The second kappa shape index (κ2) is 2.75. The lowest BCUT2D eigenvalue weighted by atomic mass is 10.2. The molecule has 0 heterocycles. The fourth-order valence-corrected chi connectivity index (χ4v) is 0.893. The van der Waals surface area contributed by atoms with Gasteiger partial charge in [-0.05, 0) is 6.07 Å². The van der Waals surface area contributed by atoms with Crippen LogP contribution in [0.1, 0.15) is 10.4 Å². The Morgan fingerprint density at radius 3 is 2.60 bits per heavy atom. The summed E-state index contributed by atoms with van der Waals surface area (Å²) in [5.41, 5.74) is 0.0764. The van der Waals surface area contributed by atoms with Crippen LogP contribution in [0.5, 0.6) is 0 Å². The number of benzene rings is 1. The topological polar surface area (TPSA) is 17.1 Å². The van der Waals surface area contributed by atoms with Crippen LogP contribution in [-0.2, 0) is 0 Å². The van der Waals surface area contributed by atoms with Crippen molar-refractivity contribution in [1.82, 2.24) is 0 Å². The smallest absolute Gasteiger partial charge is 0.255 e. The maximum atomic E-state index is 12.0. The molecule has 1 rings (SSSR count). The normalized spacial score (nSPS) is 9.40. The molecular formula is C7H4FOSi. The summed E-state index contributed by atoms with van der Waals surface area (Å²) in [6.07, 6.45) is 0. The molecule has 0 fully saturated rings. The van der Waals surface area contributed by atoms with Crippen LogP contribution < -0.4 is 5.19 Å². The Morgan fingerprint density at radius 1 is 1.50 bits per heavy atom. The van der Waals surface area contributed by atoms with E-state index < -0.39 is 6.04 Å². The molecule has 1 aromatic carbocycles. The molecule has 0 N–H and O–H groups in total. The van der Waals surface area contributed by atoms with Gasteiger partial charge in [0.2, 0.25) is 0 Å². The van der Waals surface area contributed by atoms with E-state index in [4.69, 9.17) is 0 Å². The van der Waals surface area contributed by atoms with Crippen LogP contribution in [0.3, 0.4) is 0 Å². The lowest BCUT2D eigenvalue weighted by Crippen LogP contribution is -2.03. The van der Waals surface area contributed by atoms with E-state index in [9.17, 15) is 9.18 Å². The Kier molecular flexibility index (Phi) is 1.96. The van der Waals surface area contributed by atoms with Gasteiger partial charge in [0, 0.05) is 0 Å². The van der Waals surface area contributed by atoms with Crippen molar-refractivity contribution in [3.05, 3.63) is 29.8 Å². The predicted octanol–water partition coefficient (Wildman–Crippen LogP) is 0.590. The molecule has 0 aliphatic heterocycles. The molecule has 0 saturated heterocycles. The molecular weight excluding hydrogens is 147 g/mol. The van der Waals surface area contributed by atoms with E-state index in [1.54, 1.807) is 12.1 Å². The van der Waals surface area contributed by atoms with E-state index in [1.165, 1.54) is 12.1 Å². The lowest BCUT2D eigenvalue weighted by Gasteiger charge is -1.92. The number of halogens is 1. The van der Waals surface area contributed by atoms with Gasteiger partial charge in [0.15, 0.2) is 0 Å². The first kappa shape index (κ1) is 7.15. The zero-order valence-electron chi connectivity index (χ0n) is 5.10. The van der Waals surface area contributed by atoms with Gasteiger partial charge in [-0.3, -0.25) is 4.79 Å². The highest BCUT2D eigenvalue weighted by molar-refractivity contribution is 6.32. The summed E-state index contributed by atoms with van der Waals surface area (Å²) in [4.78, 5) is 10.1. The number of carbonyl (C=O) groups excluding carboxylic acids is 1. The van der Waals surface area contributed by atoms with Gasteiger partial charge in [0.05, 0.1) is 15.8 Å². The van der Waals surface area contributed by atoms with Crippen LogP contribution in [0.15, 0.2) is 24.3 Å². The summed E-state index contributed by atoms with van der Waals surface area (Å²) in [6.45, 7) is 0. The van der Waals surface area contributed by atoms with Gasteiger partial charge < -0.3 is 0 Å². The van der Waals surface area contributed by atoms with Crippen LogP contribution in [0, 0.1) is 0 Å². The Labute approximate surface area is 61.3 Å². The van der Waals surface area contributed by atoms with Crippen LogP contribution in [-0.4, -0.2) is 16.3 Å². The zero-order chi connectivity index (χ0) is 7.56. The van der Waals surface area contributed by atoms with Crippen molar-refractivity contribution in [3.63, 3.8) is 0 Å². The molecule has 0 unspecified atom stereocenters. The van der Waals surface area contributed by atoms with Crippen molar-refractivity contribution in [2.24, 2.45) is 0 Å². The van der Waals surface area contributed by atoms with E-state index in [0.29, 0.717) is 5.19 Å². The monoisotopic (exact) mass is 151 g/mol. The van der Waals surface area contributed by atoms with Crippen molar-refractivity contribution in [2.45, 2.75) is 0 Å². The highest BCUT2D eigenvalue weighted by Gasteiger charge is 2.00. The molecule has 49 valence electrons. The summed E-state index contributed by atoms with van der Waals surface area (Å²) in [5, 5.41) is 0.698. The fourth-order valence-electron chi connectivity index (χ4n) is 0.641. The van der Waals surface area contributed by atoms with Crippen molar-refractivity contribution in [1.29, 1.82) is 0 Å². The van der Waals surface area contributed by atoms with Gasteiger partial charge in [-0.2, -0.15) is 4.39 Å². The highest BCUT2D eigenvalue weighted by Crippen LogP contribution is 1.97. The number of hydrogen-bond donors (Lipinski definition) is 0. The standard InChI is InChI=1S/C7H4FOSi/c8-7(9)5-2-1-3-6(10)4-5/h1-4H. The van der Waals surface area contributed by atoms with Crippen molar-refractivity contribution in [3.8, 4) is 0 Å². The predicted molar refractivity (Wildman–Crippen MR) is 37.3 cm³/mol. The molecule has 1 aromatic rings. The SMILES string of the molecule is O=C(F)c1cccc([Si])c1. The van der Waals surface area contributed by atoms with Gasteiger partial charge in [-0.1, -0.05) is 23.4 Å². The molecule has 0 aliphatic rings. The molecule has 0 spiro atoms. The Bertz CT molecular complexity index is 260. The second-order valence-electron chi connectivity index (χ2n) is 1.85. The number of hydrogen-bond acceptors (Lipinski definition) is 1. The molecule has 1 nitrogen and oxygen atoms in total. The minimum absolute atomic E-state index is 0.0764. The van der Waals surface area contributed by atoms with E-state index >= 15 is 0 Å². The van der Waals surface area contributed by atoms with Crippen LogP contribution in [0.2, 0.25) is 0 Å². The Balaban J connectivity index is 3.07. The van der Waals surface area contributed by atoms with E-state index in [2.05, 4.69) is 10.2 Å². The van der Waals surface area contributed by atoms with Gasteiger partial charge in [0.25, 0.3) is 0 Å². The molecule has 3 radical (unpaired) electrons. The second-order valence-corrected chi connectivity index (χ2v) is 2.43. The average Bonchev–Trinajstić information content (AvgIpc) is 1.88. The Morgan fingerprint density at radius 2 is 2.20 bits per heavy atom. The molecule has 10 heavy (non-hydrogen) atoms. The molecule has 3 heteroatoms. The summed E-state index contributed by atoms with van der Waals surface area (Å²) in [7, 11) is 3.16. The first-order valence-electron chi connectivity index (χ1n) is 2.71. The summed E-state index contributed by atoms with van der Waals surface area (Å²) < 4.78 is 12.0. The Hall–Kier alpha value is -0.963. The molecule has 0 bridgehead atoms. The van der Waals surface area contributed by atoms with Crippen molar-refractivity contribution < 1.29 is 9.18 Å². The van der Waals surface area contributed by atoms with Crippen molar-refractivity contribution >= 4 is 21.5 Å². The summed E-state index contributed by atoms with van der Waals surface area (Å²) in [5.74, 6) is 0. The van der Waals surface area contributed by atoms with Gasteiger partial charge in [-0.25, -0.2) is 0 Å². The van der Waals surface area contributed by atoms with Gasteiger partial charge >= 0.3 is 6.04 Å². The zero-order valence-corrected chi connectivity index (χ0v) is 6.10. The molecule has 0 atom stereocenters. The number of carbonyl (C=O) groups is 1. The number of rotatable bonds is 1. The summed E-state index contributed by atoms with van der Waals surface area (Å²) >= 11 is 0. The van der Waals surface area contributed by atoms with Gasteiger partial charge in [0.1, 0.15) is 0 Å². The summed E-state index contributed by atoms with van der Waals surface area (Å²) in [6, 6.07) is 4.78. The molecule has 0 amide bonds. The quantitative estimate of drug-likeness (QED) is 0.424. The fraction of sp³-hybridized carbons (Fsp3) is 0. The van der Waals surface area contributed by atoms with E-state index in [-0.39, 0.29) is 5.56 Å². The third-order valence-corrected chi connectivity index (χ3v) is 1.40. The molecule has 0 aromatic heterocycles. The first-order valence-corrected chi connectivity index (χ1v) is 3.21. The third kappa shape index (κ3) is 1.51. The van der Waals surface area contributed by atoms with Crippen LogP contribution >= 0.6 is 0 Å². The van der Waals surface area contributed by atoms with Crippen LogP contribution in [0.4, 0.5) is 4.39 Å².